The fraction of sp³-hybridized carbons (Fsp3) is 0.222. The summed E-state index contributed by atoms with van der Waals surface area (Å²) in [5.41, 5.74) is 1.66. The minimum absolute atomic E-state index is 0.0908. The van der Waals surface area contributed by atoms with Crippen molar-refractivity contribution in [1.82, 2.24) is 20.5 Å². The normalized spacial score (nSPS) is 10.6. The average molecular weight is 480 g/mol. The number of aromatic nitrogens is 3. The van der Waals surface area contributed by atoms with E-state index in [-0.39, 0.29) is 24.1 Å². The van der Waals surface area contributed by atoms with Crippen molar-refractivity contribution in [1.29, 1.82) is 0 Å². The predicted molar refractivity (Wildman–Crippen MR) is 115 cm³/mol. The molecule has 0 unspecified atom stereocenters. The first-order chi connectivity index (χ1) is 13.5. The van der Waals surface area contributed by atoms with Crippen molar-refractivity contribution >= 4 is 56.5 Å². The fourth-order valence-electron chi connectivity index (χ4n) is 2.32. The lowest BCUT2D eigenvalue weighted by Gasteiger charge is -2.09. The van der Waals surface area contributed by atoms with Gasteiger partial charge in [-0.3, -0.25) is 14.7 Å². The number of thiophene rings is 1. The number of halogens is 1. The van der Waals surface area contributed by atoms with Crippen molar-refractivity contribution in [2.24, 2.45) is 0 Å². The zero-order valence-corrected chi connectivity index (χ0v) is 18.2. The van der Waals surface area contributed by atoms with Crippen LogP contribution in [0.5, 0.6) is 0 Å². The van der Waals surface area contributed by atoms with Crippen LogP contribution >= 0.6 is 39.0 Å². The van der Waals surface area contributed by atoms with Gasteiger partial charge in [-0.25, -0.2) is 4.98 Å². The van der Waals surface area contributed by atoms with Gasteiger partial charge < -0.3 is 10.6 Å². The van der Waals surface area contributed by atoms with E-state index in [0.717, 1.165) is 21.5 Å². The van der Waals surface area contributed by atoms with E-state index in [9.17, 15) is 9.59 Å². The second-order valence-corrected chi connectivity index (χ2v) is 8.78. The van der Waals surface area contributed by atoms with E-state index in [1.807, 2.05) is 42.6 Å². The summed E-state index contributed by atoms with van der Waals surface area (Å²) in [5, 5.41) is 14.9. The quantitative estimate of drug-likeness (QED) is 0.430. The largest absolute Gasteiger partial charge is 0.346 e. The molecule has 146 valence electrons. The highest BCUT2D eigenvalue weighted by Gasteiger charge is 2.11. The lowest BCUT2D eigenvalue weighted by atomic mass is 10.2. The maximum Gasteiger partial charge on any atom is 0.243 e. The van der Waals surface area contributed by atoms with Gasteiger partial charge >= 0.3 is 0 Å². The van der Waals surface area contributed by atoms with Crippen LogP contribution in [0.25, 0.3) is 0 Å². The Hall–Kier alpha value is -2.17. The smallest absolute Gasteiger partial charge is 0.243 e. The molecule has 0 atom stereocenters. The number of H-pyrrole nitrogens is 1. The molecule has 0 radical (unpaired) electrons. The Bertz CT molecular complexity index is 959. The van der Waals surface area contributed by atoms with Crippen molar-refractivity contribution in [3.05, 3.63) is 56.4 Å². The molecule has 2 heterocycles. The number of nitrogens with zero attached hydrogens (tertiary/aromatic N) is 2. The number of hydrogen-bond donors (Lipinski definition) is 3. The third-order valence-electron chi connectivity index (χ3n) is 3.67. The molecule has 10 heteroatoms. The molecular formula is C18H18BrN5O2S2. The topological polar surface area (TPSA) is 99.8 Å². The predicted octanol–water partition coefficient (Wildman–Crippen LogP) is 3.37. The number of thioether (sulfide) groups is 1. The van der Waals surface area contributed by atoms with E-state index < -0.39 is 0 Å². The number of carbonyl (C=O) groups excluding carboxylic acids is 2. The number of hydrogen-bond acceptors (Lipinski definition) is 6. The summed E-state index contributed by atoms with van der Waals surface area (Å²) < 4.78 is 0.943. The van der Waals surface area contributed by atoms with Gasteiger partial charge in [0.25, 0.3) is 0 Å². The fourth-order valence-corrected chi connectivity index (χ4v) is 4.15. The monoisotopic (exact) mass is 479 g/mol. The number of aromatic amines is 1. The molecule has 1 aromatic carbocycles. The molecular weight excluding hydrogens is 462 g/mol. The molecule has 0 aliphatic heterocycles. The summed E-state index contributed by atoms with van der Waals surface area (Å²) in [6.45, 7) is 1.81. The van der Waals surface area contributed by atoms with Gasteiger partial charge in [-0.05, 0) is 42.1 Å². The van der Waals surface area contributed by atoms with Crippen LogP contribution in [0.3, 0.4) is 0 Å². The van der Waals surface area contributed by atoms with Crippen LogP contribution in [0.4, 0.5) is 5.69 Å². The molecule has 7 nitrogen and oxygen atoms in total. The molecule has 3 rings (SSSR count). The highest BCUT2D eigenvalue weighted by Crippen LogP contribution is 2.20. The summed E-state index contributed by atoms with van der Waals surface area (Å²) in [4.78, 5) is 29.5. The van der Waals surface area contributed by atoms with E-state index in [2.05, 4.69) is 41.7 Å². The van der Waals surface area contributed by atoms with Crippen LogP contribution in [-0.2, 0) is 16.0 Å². The summed E-state index contributed by atoms with van der Waals surface area (Å²) in [6.07, 6.45) is 0.688. The number of nitrogens with one attached hydrogen (secondary N) is 3. The summed E-state index contributed by atoms with van der Waals surface area (Å²) in [7, 11) is 0. The Balaban J connectivity index is 1.39. The Kier molecular flexibility index (Phi) is 7.24. The van der Waals surface area contributed by atoms with E-state index in [0.29, 0.717) is 11.6 Å². The van der Waals surface area contributed by atoms with Crippen LogP contribution in [-0.4, -0.2) is 39.3 Å². The Morgan fingerprint density at radius 1 is 1.29 bits per heavy atom. The van der Waals surface area contributed by atoms with Gasteiger partial charge in [0.1, 0.15) is 5.82 Å². The zero-order valence-electron chi connectivity index (χ0n) is 15.0. The molecule has 0 bridgehead atoms. The number of benzene rings is 1. The highest BCUT2D eigenvalue weighted by atomic mass is 79.9. The number of rotatable bonds is 8. The SMILES string of the molecule is Cc1cc(Br)ccc1NC(=O)CNC(=O)CSc1n[nH]c(Cc2cccs2)n1. The second-order valence-electron chi connectivity index (χ2n) is 5.89. The lowest BCUT2D eigenvalue weighted by molar-refractivity contribution is -0.122. The maximum atomic E-state index is 12.0. The van der Waals surface area contributed by atoms with E-state index in [1.165, 1.54) is 16.6 Å². The van der Waals surface area contributed by atoms with Gasteiger partial charge in [0.2, 0.25) is 17.0 Å². The minimum Gasteiger partial charge on any atom is -0.346 e. The van der Waals surface area contributed by atoms with Crippen LogP contribution in [0.1, 0.15) is 16.3 Å². The first-order valence-electron chi connectivity index (χ1n) is 8.39. The van der Waals surface area contributed by atoms with Gasteiger partial charge in [-0.2, -0.15) is 0 Å². The first kappa shape index (κ1) is 20.6. The molecule has 2 aromatic heterocycles. The molecule has 3 N–H and O–H groups in total. The number of aryl methyl sites for hydroxylation is 1. The van der Waals surface area contributed by atoms with Gasteiger partial charge in [0.05, 0.1) is 12.3 Å². The Morgan fingerprint density at radius 2 is 2.14 bits per heavy atom. The molecule has 0 aliphatic rings. The van der Waals surface area contributed by atoms with Crippen LogP contribution < -0.4 is 10.6 Å². The van der Waals surface area contributed by atoms with Crippen LogP contribution in [0, 0.1) is 6.92 Å². The lowest BCUT2D eigenvalue weighted by Crippen LogP contribution is -2.34. The third kappa shape index (κ3) is 6.18. The van der Waals surface area contributed by atoms with Crippen molar-refractivity contribution in [2.45, 2.75) is 18.5 Å². The Morgan fingerprint density at radius 3 is 2.89 bits per heavy atom. The summed E-state index contributed by atoms with van der Waals surface area (Å²) >= 11 is 6.26. The molecule has 0 saturated carbocycles. The third-order valence-corrected chi connectivity index (χ3v) is 5.89. The van der Waals surface area contributed by atoms with Crippen LogP contribution in [0.2, 0.25) is 0 Å². The number of anilines is 1. The molecule has 0 aliphatic carbocycles. The van der Waals surface area contributed by atoms with E-state index in [4.69, 9.17) is 0 Å². The second kappa shape index (κ2) is 9.85. The van der Waals surface area contributed by atoms with Gasteiger partial charge in [-0.15, -0.1) is 16.4 Å². The van der Waals surface area contributed by atoms with Gasteiger partial charge in [-0.1, -0.05) is 33.8 Å². The number of carbonyl (C=O) groups is 2. The van der Waals surface area contributed by atoms with E-state index >= 15 is 0 Å². The number of amides is 2. The van der Waals surface area contributed by atoms with Crippen molar-refractivity contribution in [2.75, 3.05) is 17.6 Å². The van der Waals surface area contributed by atoms with Gasteiger partial charge in [0.15, 0.2) is 0 Å². The van der Waals surface area contributed by atoms with Crippen molar-refractivity contribution < 1.29 is 9.59 Å². The summed E-state index contributed by atoms with van der Waals surface area (Å²) in [5.74, 6) is 0.368. The Labute approximate surface area is 178 Å². The van der Waals surface area contributed by atoms with Crippen molar-refractivity contribution in [3.8, 4) is 0 Å². The molecule has 3 aromatic rings. The molecule has 0 spiro atoms. The van der Waals surface area contributed by atoms with E-state index in [1.54, 1.807) is 11.3 Å². The molecule has 2 amide bonds. The summed E-state index contributed by atoms with van der Waals surface area (Å²) in [6, 6.07) is 9.60. The molecule has 0 saturated heterocycles. The minimum atomic E-state index is -0.278. The highest BCUT2D eigenvalue weighted by molar-refractivity contribution is 9.10. The molecule has 28 heavy (non-hydrogen) atoms. The molecule has 0 fully saturated rings. The standard InChI is InChI=1S/C18H18BrN5O2S2/c1-11-7-12(19)4-5-14(11)21-16(25)9-20-17(26)10-28-18-22-15(23-24-18)8-13-3-2-6-27-13/h2-7H,8-10H2,1H3,(H,20,26)(H,21,25)(H,22,23,24). The van der Waals surface area contributed by atoms with Crippen molar-refractivity contribution in [3.63, 3.8) is 0 Å². The maximum absolute atomic E-state index is 12.0. The zero-order chi connectivity index (χ0) is 19.9. The average Bonchev–Trinajstić information content (AvgIpc) is 3.33. The van der Waals surface area contributed by atoms with Gasteiger partial charge in [0, 0.05) is 21.5 Å². The van der Waals surface area contributed by atoms with Crippen LogP contribution in [0.15, 0.2) is 45.3 Å². The first-order valence-corrected chi connectivity index (χ1v) is 11.0.